The number of hydrogen-bond acceptors (Lipinski definition) is 23. The molecule has 742 valence electrons. The van der Waals surface area contributed by atoms with Crippen molar-refractivity contribution in [3.63, 3.8) is 0 Å². The van der Waals surface area contributed by atoms with E-state index in [2.05, 4.69) is 68.0 Å². The molecular formula is C97H138ClFN20O17. The first-order valence-electron chi connectivity index (χ1n) is 46.7. The summed E-state index contributed by atoms with van der Waals surface area (Å²) in [5.41, 5.74) is 10.6. The van der Waals surface area contributed by atoms with Gasteiger partial charge >= 0.3 is 18.2 Å². The van der Waals surface area contributed by atoms with Crippen LogP contribution < -0.4 is 58.5 Å². The Kier molecular flexibility index (Phi) is 40.0. The first-order valence-corrected chi connectivity index (χ1v) is 47.0. The number of carbonyl (C=O) groups excluding carboxylic acids is 11. The number of amides is 12. The monoisotopic (exact) mass is 1910 g/mol. The maximum Gasteiger partial charge on any atom is 0.410 e. The number of ether oxygens (including phenoxy) is 5. The molecule has 5 heterocycles. The molecule has 13 N–H and O–H groups in total. The topological polar surface area (TPSA) is 474 Å². The number of piperidine rings is 1. The largest absolute Gasteiger partial charge is 0.445 e. The highest BCUT2D eigenvalue weighted by molar-refractivity contribution is 6.31. The molecule has 2 saturated heterocycles. The average Bonchev–Trinajstić information content (AvgIpc) is 1.49. The van der Waals surface area contributed by atoms with E-state index < -0.39 is 143 Å². The van der Waals surface area contributed by atoms with Crippen LogP contribution in [0.5, 0.6) is 0 Å². The van der Waals surface area contributed by atoms with E-state index in [0.29, 0.717) is 119 Å². The predicted octanol–water partition coefficient (Wildman–Crippen LogP) is 10.3. The molecule has 0 bridgehead atoms. The average molecular weight is 1910 g/mol. The van der Waals surface area contributed by atoms with E-state index in [1.54, 1.807) is 133 Å². The van der Waals surface area contributed by atoms with Gasteiger partial charge in [0.05, 0.1) is 97.0 Å². The highest BCUT2D eigenvalue weighted by Crippen LogP contribution is 2.45. The van der Waals surface area contributed by atoms with Crippen LogP contribution in [0.4, 0.5) is 36.0 Å². The molecule has 0 saturated carbocycles. The molecule has 2 fully saturated rings. The van der Waals surface area contributed by atoms with Crippen molar-refractivity contribution in [2.24, 2.45) is 35.3 Å². The zero-order chi connectivity index (χ0) is 99.5. The van der Waals surface area contributed by atoms with Crippen LogP contribution in [0.3, 0.4) is 0 Å². The van der Waals surface area contributed by atoms with Gasteiger partial charge in [0, 0.05) is 103 Å². The summed E-state index contributed by atoms with van der Waals surface area (Å²) in [7, 11) is 6.06. The van der Waals surface area contributed by atoms with E-state index in [-0.39, 0.29) is 107 Å². The van der Waals surface area contributed by atoms with Gasteiger partial charge in [0.25, 0.3) is 5.91 Å². The van der Waals surface area contributed by atoms with Gasteiger partial charge in [0.2, 0.25) is 41.4 Å². The molecule has 2 aliphatic rings. The number of aromatic nitrogens is 6. The first kappa shape index (κ1) is 108. The van der Waals surface area contributed by atoms with Gasteiger partial charge in [-0.3, -0.25) is 43.3 Å². The van der Waals surface area contributed by atoms with Gasteiger partial charge in [-0.2, -0.15) is 0 Å². The molecule has 0 aliphatic carbocycles. The van der Waals surface area contributed by atoms with Crippen molar-refractivity contribution in [3.05, 3.63) is 137 Å². The van der Waals surface area contributed by atoms with Crippen LogP contribution in [-0.2, 0) is 70.4 Å². The number of likely N-dealkylation sites (N-methyl/N-ethyl adjacent to an activating group) is 2. The molecule has 0 radical (unpaired) electrons. The van der Waals surface area contributed by atoms with Crippen molar-refractivity contribution in [3.8, 4) is 22.5 Å². The quantitative estimate of drug-likeness (QED) is 0.0158. The van der Waals surface area contributed by atoms with E-state index in [0.717, 1.165) is 5.69 Å². The predicted molar refractivity (Wildman–Crippen MR) is 514 cm³/mol. The number of urea groups is 1. The molecule has 3 aromatic heterocycles. The Bertz CT molecular complexity index is 5180. The van der Waals surface area contributed by atoms with E-state index in [1.807, 2.05) is 65.8 Å². The summed E-state index contributed by atoms with van der Waals surface area (Å²) in [5.74, 6) is -5.86. The van der Waals surface area contributed by atoms with E-state index >= 15 is 4.39 Å². The van der Waals surface area contributed by atoms with Crippen LogP contribution >= 0.6 is 11.6 Å². The number of carbonyl (C=O) groups is 11. The number of methoxy groups -OCH3 is 2. The number of likely N-dealkylation sites (tertiary alicyclic amines) is 1. The number of anilines is 3. The number of hydrogen-bond donors (Lipinski definition) is 12. The van der Waals surface area contributed by atoms with Crippen molar-refractivity contribution in [1.29, 1.82) is 0 Å². The molecule has 12 amide bonds. The Morgan fingerprint density at radius 3 is 2.11 bits per heavy atom. The number of primary amides is 1. The molecule has 12 atom stereocenters. The van der Waals surface area contributed by atoms with Gasteiger partial charge in [0.1, 0.15) is 53.8 Å². The second-order valence-electron chi connectivity index (χ2n) is 37.1. The Hall–Kier alpha value is -12.1. The number of aromatic amines is 1. The van der Waals surface area contributed by atoms with Gasteiger partial charge in [0.15, 0.2) is 5.69 Å². The third kappa shape index (κ3) is 30.2. The molecular weight excluding hydrogens is 1770 g/mol. The summed E-state index contributed by atoms with van der Waals surface area (Å²) >= 11 is 6.45. The number of nitrogens with one attached hydrogen (secondary N) is 10. The Balaban J connectivity index is 0.740. The van der Waals surface area contributed by atoms with E-state index in [9.17, 15) is 57.8 Å². The molecule has 7 aromatic rings. The van der Waals surface area contributed by atoms with E-state index in [4.69, 9.17) is 51.0 Å². The van der Waals surface area contributed by atoms with Crippen molar-refractivity contribution in [1.82, 2.24) is 81.9 Å². The number of aliphatic hydroxyl groups excluding tert-OH is 1. The third-order valence-corrected chi connectivity index (χ3v) is 24.8. The molecule has 136 heavy (non-hydrogen) atoms. The number of alkyl carbamates (subject to hydrolysis) is 1. The SMILES string of the molecule is CC[C@H](C)[C@@H]([C@@H](CC(=O)N1CCC[C@H]1[C@H](OC)[C@@H](C)C(=O)N[C@H](C)[C@@H](O)c1ccccc1)OC)N(C)C(=O)[C@@H](NC(=O)[C@H](C(C)C)N(C)C(=O)OCc1ccc(NC(=O)[C@H](CCCNC(N)=O)NC(=O)[C@@H](NC(=O)c2cn(CCOCCC(=O)NCCNc3ncc(-c4cc(C)cc(F)c4)c(N4CCC(NC(=O)OC(C)(C)C)CC4)c3-c3nc4ccc(Cl)cc4[nH]3)nn2)C(C)C)cc1)C(C)C. The zero-order valence-electron chi connectivity index (χ0n) is 81.3. The highest BCUT2D eigenvalue weighted by atomic mass is 35.5. The lowest BCUT2D eigenvalue weighted by molar-refractivity contribution is -0.148. The number of halogens is 2. The smallest absolute Gasteiger partial charge is 0.410 e. The highest BCUT2D eigenvalue weighted by Gasteiger charge is 2.45. The van der Waals surface area contributed by atoms with Crippen molar-refractivity contribution in [2.45, 2.75) is 240 Å². The Labute approximate surface area is 799 Å². The Morgan fingerprint density at radius 2 is 1.46 bits per heavy atom. The summed E-state index contributed by atoms with van der Waals surface area (Å²) < 4.78 is 45.9. The summed E-state index contributed by atoms with van der Waals surface area (Å²) in [6.45, 7) is 27.0. The molecule has 9 rings (SSSR count). The molecule has 39 heteroatoms. The fourth-order valence-corrected chi connectivity index (χ4v) is 17.3. The zero-order valence-corrected chi connectivity index (χ0v) is 82.1. The van der Waals surface area contributed by atoms with Gasteiger partial charge in [-0.25, -0.2) is 33.4 Å². The number of nitrogens with two attached hydrogens (primary N) is 1. The van der Waals surface area contributed by atoms with Crippen LogP contribution in [-0.4, -0.2) is 262 Å². The van der Waals surface area contributed by atoms with Gasteiger partial charge in [-0.1, -0.05) is 134 Å². The standard InChI is InChI=1S/C97H138ClFN20O17/c1-19-59(9)82(75(132-17)51-77(121)119-41-24-28-74(119)85(133-18)60(10)88(123)105-61(11)84(122)63-25-21-20-22-26-63)115(15)93(128)80(56(4)5)112-92(127)81(57(6)7)116(16)96(131)135-54-62-29-32-67(33-30-62)106-89(124)71(27-23-38-103-94(100)129)110-91(126)79(55(2)3)111-90(125)73-53-118(114-113-73)44-46-134-45-37-76(120)101-39-40-102-86-78(87-108-70-34-31-65(98)50-72(70)109-87)83(69(52-104-86)64-47-58(8)48-66(99)49-64)117-42-35-68(36-43-117)107-95(130)136-97(12,13)14/h20-22,25-26,29-34,47-50,52-53,55-57,59-61,68,71,74-75,79-82,84-85,122H,19,23-24,27-28,35-46,51,54H2,1-18H3,(H,101,120)(H,102,104)(H,105,123)(H,106,124)(H,107,130)(H,108,109)(H,110,126)(H,111,125)(H,112,127)(H3,100,103,129)/t59-,60+,61+,71-,74-,75+,79-,80-,81-,82-,84+,85+/m0/s1. The lowest BCUT2D eigenvalue weighted by atomic mass is 9.89. The number of fused-ring (bicyclic) bond motifs is 1. The molecule has 0 spiro atoms. The summed E-state index contributed by atoms with van der Waals surface area (Å²) in [4.78, 5) is 172. The molecule has 4 aromatic carbocycles. The normalized spacial score (nSPS) is 16.0. The minimum Gasteiger partial charge on any atom is -0.445 e. The second-order valence-corrected chi connectivity index (χ2v) is 37.6. The minimum atomic E-state index is -1.21. The number of rotatable bonds is 47. The van der Waals surface area contributed by atoms with Crippen LogP contribution in [0, 0.1) is 42.3 Å². The lowest BCUT2D eigenvalue weighted by Crippen LogP contribution is -2.60. The number of aryl methyl sites for hydroxylation is 1. The minimum absolute atomic E-state index is 0.00360. The lowest BCUT2D eigenvalue weighted by Gasteiger charge is -2.41. The second kappa shape index (κ2) is 50.6. The summed E-state index contributed by atoms with van der Waals surface area (Å²) in [6, 6.07) is 18.2. The number of benzene rings is 4. The summed E-state index contributed by atoms with van der Waals surface area (Å²) in [5, 5.41) is 45.6. The number of H-pyrrole nitrogens is 1. The van der Waals surface area contributed by atoms with Crippen molar-refractivity contribution in [2.75, 3.05) is 96.3 Å². The third-order valence-electron chi connectivity index (χ3n) is 24.6. The molecule has 0 unspecified atom stereocenters. The van der Waals surface area contributed by atoms with Gasteiger partial charge in [-0.15, -0.1) is 5.10 Å². The van der Waals surface area contributed by atoms with E-state index in [1.165, 1.54) is 49.2 Å². The van der Waals surface area contributed by atoms with Crippen LogP contribution in [0.1, 0.15) is 181 Å². The van der Waals surface area contributed by atoms with Gasteiger partial charge in [-0.05, 0) is 162 Å². The van der Waals surface area contributed by atoms with Crippen LogP contribution in [0.15, 0.2) is 103 Å². The first-order chi connectivity index (χ1) is 64.6. The fourth-order valence-electron chi connectivity index (χ4n) is 17.2. The van der Waals surface area contributed by atoms with Crippen molar-refractivity contribution < 1.29 is 85.9 Å². The number of aliphatic hydroxyl groups is 1. The maximum atomic E-state index is 15.3. The maximum absolute atomic E-state index is 15.3. The summed E-state index contributed by atoms with van der Waals surface area (Å²) in [6.07, 6.45) is 2.39. The van der Waals surface area contributed by atoms with Gasteiger partial charge < -0.3 is 102 Å². The van der Waals surface area contributed by atoms with Crippen molar-refractivity contribution >= 4 is 105 Å². The number of imidazole rings is 1. The van der Waals surface area contributed by atoms with Crippen LogP contribution in [0.25, 0.3) is 33.5 Å². The fraction of sp³-hybridized carbons (Fsp3) is 0.557. The molecule has 2 aliphatic heterocycles. The Morgan fingerprint density at radius 1 is 0.757 bits per heavy atom. The number of nitrogens with zero attached hydrogens (tertiary/aromatic N) is 9. The molecule has 37 nitrogen and oxygen atoms in total. The number of pyridine rings is 1. The van der Waals surface area contributed by atoms with Crippen LogP contribution in [0.2, 0.25) is 5.02 Å².